The maximum atomic E-state index is 9.28. The van der Waals surface area contributed by atoms with Crippen molar-refractivity contribution in [3.05, 3.63) is 0 Å². The van der Waals surface area contributed by atoms with Crippen LogP contribution in [0.2, 0.25) is 0 Å². The number of thiol groups is 1. The second-order valence-electron chi connectivity index (χ2n) is 5.43. The standard InChI is InChI=1S/C14H29NO2S/c1-3-13(4-2)15(7-8-16)11-14(12-18)5-9-17-10-6-14/h13,16,18H,3-12H2,1-2H3. The quantitative estimate of drug-likeness (QED) is 0.666. The monoisotopic (exact) mass is 275 g/mol. The van der Waals surface area contributed by atoms with Crippen LogP contribution < -0.4 is 0 Å². The molecule has 4 heteroatoms. The SMILES string of the molecule is CCC(CC)N(CCO)CC1(CS)CCOCC1. The van der Waals surface area contributed by atoms with Gasteiger partial charge in [0.05, 0.1) is 6.61 Å². The van der Waals surface area contributed by atoms with Gasteiger partial charge in [0.2, 0.25) is 0 Å². The second kappa shape index (κ2) is 8.41. The summed E-state index contributed by atoms with van der Waals surface area (Å²) in [6, 6.07) is 0.580. The van der Waals surface area contributed by atoms with E-state index >= 15 is 0 Å². The Morgan fingerprint density at radius 3 is 2.33 bits per heavy atom. The van der Waals surface area contributed by atoms with E-state index in [0.29, 0.717) is 6.04 Å². The van der Waals surface area contributed by atoms with Crippen molar-refractivity contribution in [3.8, 4) is 0 Å². The van der Waals surface area contributed by atoms with Gasteiger partial charge in [0.25, 0.3) is 0 Å². The minimum absolute atomic E-state index is 0.246. The van der Waals surface area contributed by atoms with E-state index in [4.69, 9.17) is 4.74 Å². The van der Waals surface area contributed by atoms with Gasteiger partial charge in [-0.2, -0.15) is 12.6 Å². The lowest BCUT2D eigenvalue weighted by atomic mass is 9.81. The predicted molar refractivity (Wildman–Crippen MR) is 79.4 cm³/mol. The fourth-order valence-electron chi connectivity index (χ4n) is 2.93. The van der Waals surface area contributed by atoms with Gasteiger partial charge in [0, 0.05) is 32.3 Å². The molecule has 1 fully saturated rings. The van der Waals surface area contributed by atoms with Crippen molar-refractivity contribution >= 4 is 12.6 Å². The van der Waals surface area contributed by atoms with Crippen molar-refractivity contribution in [2.75, 3.05) is 38.7 Å². The van der Waals surface area contributed by atoms with E-state index in [9.17, 15) is 5.11 Å². The van der Waals surface area contributed by atoms with Crippen LogP contribution in [0.3, 0.4) is 0 Å². The molecule has 0 aromatic rings. The molecule has 18 heavy (non-hydrogen) atoms. The fraction of sp³-hybridized carbons (Fsp3) is 1.00. The van der Waals surface area contributed by atoms with E-state index in [-0.39, 0.29) is 12.0 Å². The molecule has 0 aromatic carbocycles. The number of aliphatic hydroxyl groups excluding tert-OH is 1. The summed E-state index contributed by atoms with van der Waals surface area (Å²) in [7, 11) is 0. The molecule has 0 aromatic heterocycles. The molecule has 0 unspecified atom stereocenters. The summed E-state index contributed by atoms with van der Waals surface area (Å²) in [6.07, 6.45) is 4.49. The van der Waals surface area contributed by atoms with Crippen molar-refractivity contribution in [3.63, 3.8) is 0 Å². The van der Waals surface area contributed by atoms with Crippen molar-refractivity contribution < 1.29 is 9.84 Å². The molecule has 0 saturated carbocycles. The molecule has 3 nitrogen and oxygen atoms in total. The van der Waals surface area contributed by atoms with Crippen LogP contribution in [-0.2, 0) is 4.74 Å². The number of nitrogens with zero attached hydrogens (tertiary/aromatic N) is 1. The number of hydrogen-bond acceptors (Lipinski definition) is 4. The Labute approximate surface area is 117 Å². The molecular weight excluding hydrogens is 246 g/mol. The minimum Gasteiger partial charge on any atom is -0.395 e. The maximum Gasteiger partial charge on any atom is 0.0558 e. The molecule has 0 spiro atoms. The van der Waals surface area contributed by atoms with Crippen LogP contribution in [0.4, 0.5) is 0 Å². The lowest BCUT2D eigenvalue weighted by Gasteiger charge is -2.42. The Kier molecular flexibility index (Phi) is 7.61. The number of ether oxygens (including phenoxy) is 1. The first-order valence-corrected chi connectivity index (χ1v) is 7.88. The molecule has 0 radical (unpaired) electrons. The van der Waals surface area contributed by atoms with E-state index in [1.165, 1.54) is 0 Å². The van der Waals surface area contributed by atoms with Gasteiger partial charge in [-0.15, -0.1) is 0 Å². The van der Waals surface area contributed by atoms with Crippen molar-refractivity contribution in [1.82, 2.24) is 4.90 Å². The van der Waals surface area contributed by atoms with E-state index in [2.05, 4.69) is 31.4 Å². The molecule has 1 aliphatic heterocycles. The summed E-state index contributed by atoms with van der Waals surface area (Å²) < 4.78 is 5.48. The molecule has 1 N–H and O–H groups in total. The third-order valence-electron chi connectivity index (χ3n) is 4.27. The Morgan fingerprint density at radius 1 is 1.28 bits per heavy atom. The first kappa shape index (κ1) is 16.3. The third kappa shape index (κ3) is 4.41. The van der Waals surface area contributed by atoms with Crippen molar-refractivity contribution in [2.24, 2.45) is 5.41 Å². The van der Waals surface area contributed by atoms with Crippen LogP contribution in [0.1, 0.15) is 39.5 Å². The summed E-state index contributed by atoms with van der Waals surface area (Å²) in [6.45, 7) is 8.25. The average molecular weight is 275 g/mol. The van der Waals surface area contributed by atoms with Gasteiger partial charge >= 0.3 is 0 Å². The highest BCUT2D eigenvalue weighted by Crippen LogP contribution is 2.33. The lowest BCUT2D eigenvalue weighted by molar-refractivity contribution is -0.00402. The van der Waals surface area contributed by atoms with Gasteiger partial charge in [-0.05, 0) is 36.9 Å². The van der Waals surface area contributed by atoms with Gasteiger partial charge < -0.3 is 9.84 Å². The molecule has 1 aliphatic rings. The summed E-state index contributed by atoms with van der Waals surface area (Å²) in [4.78, 5) is 2.46. The predicted octanol–water partition coefficient (Wildman–Crippen LogP) is 2.20. The lowest BCUT2D eigenvalue weighted by Crippen LogP contribution is -2.47. The van der Waals surface area contributed by atoms with Crippen LogP contribution >= 0.6 is 12.6 Å². The zero-order valence-corrected chi connectivity index (χ0v) is 12.8. The maximum absolute atomic E-state index is 9.28. The Morgan fingerprint density at radius 2 is 1.89 bits per heavy atom. The highest BCUT2D eigenvalue weighted by Gasteiger charge is 2.34. The molecule has 1 heterocycles. The van der Waals surface area contributed by atoms with Gasteiger partial charge in [-0.1, -0.05) is 13.8 Å². The van der Waals surface area contributed by atoms with Crippen molar-refractivity contribution in [1.29, 1.82) is 0 Å². The Balaban J connectivity index is 2.66. The fourth-order valence-corrected chi connectivity index (χ4v) is 3.34. The van der Waals surface area contributed by atoms with Gasteiger partial charge in [0.15, 0.2) is 0 Å². The van der Waals surface area contributed by atoms with Gasteiger partial charge in [-0.25, -0.2) is 0 Å². The first-order valence-electron chi connectivity index (χ1n) is 7.25. The van der Waals surface area contributed by atoms with E-state index in [1.807, 2.05) is 0 Å². The van der Waals surface area contributed by atoms with E-state index in [1.54, 1.807) is 0 Å². The molecule has 0 bridgehead atoms. The molecule has 0 amide bonds. The normalized spacial score (nSPS) is 19.7. The zero-order valence-electron chi connectivity index (χ0n) is 11.9. The second-order valence-corrected chi connectivity index (χ2v) is 5.75. The molecule has 0 aliphatic carbocycles. The summed E-state index contributed by atoms with van der Waals surface area (Å²) in [5, 5.41) is 9.28. The smallest absolute Gasteiger partial charge is 0.0558 e. The average Bonchev–Trinajstić information content (AvgIpc) is 2.41. The number of rotatable bonds is 8. The zero-order chi connectivity index (χ0) is 13.4. The van der Waals surface area contributed by atoms with Crippen LogP contribution in [0.15, 0.2) is 0 Å². The Bertz CT molecular complexity index is 216. The number of aliphatic hydroxyl groups is 1. The number of hydrogen-bond donors (Lipinski definition) is 2. The van der Waals surface area contributed by atoms with Crippen LogP contribution in [0.5, 0.6) is 0 Å². The van der Waals surface area contributed by atoms with Crippen LogP contribution in [-0.4, -0.2) is 54.7 Å². The van der Waals surface area contributed by atoms with Gasteiger partial charge in [-0.3, -0.25) is 4.90 Å². The highest BCUT2D eigenvalue weighted by atomic mass is 32.1. The molecule has 0 atom stereocenters. The summed E-state index contributed by atoms with van der Waals surface area (Å²) in [5.41, 5.74) is 0.277. The summed E-state index contributed by atoms with van der Waals surface area (Å²) in [5.74, 6) is 0.915. The van der Waals surface area contributed by atoms with Crippen LogP contribution in [0, 0.1) is 5.41 Å². The molecule has 108 valence electrons. The molecule has 1 rings (SSSR count). The van der Waals surface area contributed by atoms with Crippen LogP contribution in [0.25, 0.3) is 0 Å². The molecular formula is C14H29NO2S. The van der Waals surface area contributed by atoms with Gasteiger partial charge in [0.1, 0.15) is 0 Å². The van der Waals surface area contributed by atoms with Crippen molar-refractivity contribution in [2.45, 2.75) is 45.6 Å². The van der Waals surface area contributed by atoms with E-state index < -0.39 is 0 Å². The minimum atomic E-state index is 0.246. The topological polar surface area (TPSA) is 32.7 Å². The Hall–Kier alpha value is 0.230. The molecule has 1 saturated heterocycles. The first-order chi connectivity index (χ1) is 8.71. The largest absolute Gasteiger partial charge is 0.395 e. The van der Waals surface area contributed by atoms with E-state index in [0.717, 1.165) is 57.7 Å². The third-order valence-corrected chi connectivity index (χ3v) is 4.94. The summed E-state index contributed by atoms with van der Waals surface area (Å²) >= 11 is 4.57. The highest BCUT2D eigenvalue weighted by molar-refractivity contribution is 7.80.